The second-order valence-electron chi connectivity index (χ2n) is 7.51. The predicted molar refractivity (Wildman–Crippen MR) is 125 cm³/mol. The second-order valence-corrected chi connectivity index (χ2v) is 9.36. The summed E-state index contributed by atoms with van der Waals surface area (Å²) in [4.78, 5) is 14.3. The molecule has 172 valence electrons. The Labute approximate surface area is 188 Å². The number of carbonyl (C=O) groups is 1. The largest absolute Gasteiger partial charge is 0.491 e. The van der Waals surface area contributed by atoms with Crippen molar-refractivity contribution in [1.29, 1.82) is 5.41 Å². The molecule has 0 bridgehead atoms. The van der Waals surface area contributed by atoms with Crippen molar-refractivity contribution < 1.29 is 17.9 Å². The molecule has 0 saturated carbocycles. The Hall–Kier alpha value is -3.15. The molecule has 0 spiro atoms. The minimum Gasteiger partial charge on any atom is -0.491 e. The summed E-state index contributed by atoms with van der Waals surface area (Å²) in [6.07, 6.45) is 0.294. The zero-order valence-corrected chi connectivity index (χ0v) is 18.8. The van der Waals surface area contributed by atoms with Gasteiger partial charge in [0.05, 0.1) is 7.11 Å². The normalized spacial score (nSPS) is 16.2. The van der Waals surface area contributed by atoms with Crippen LogP contribution in [0, 0.1) is 5.41 Å². The average Bonchev–Trinajstić information content (AvgIpc) is 2.78. The molecule has 0 radical (unpaired) electrons. The van der Waals surface area contributed by atoms with Crippen molar-refractivity contribution in [2.75, 3.05) is 45.2 Å². The number of guanidine groups is 1. The van der Waals surface area contributed by atoms with Crippen LogP contribution in [0.15, 0.2) is 54.6 Å². The lowest BCUT2D eigenvalue weighted by Gasteiger charge is -2.42. The Kier molecular flexibility index (Phi) is 7.33. The van der Waals surface area contributed by atoms with E-state index >= 15 is 0 Å². The van der Waals surface area contributed by atoms with Crippen LogP contribution in [-0.2, 0) is 15.0 Å². The van der Waals surface area contributed by atoms with Crippen LogP contribution < -0.4 is 24.4 Å². The third-order valence-corrected chi connectivity index (χ3v) is 7.45. The summed E-state index contributed by atoms with van der Waals surface area (Å²) in [5, 5.41) is 10.3. The number of benzene rings is 2. The van der Waals surface area contributed by atoms with Crippen LogP contribution in [0.25, 0.3) is 0 Å². The average molecular weight is 462 g/mol. The van der Waals surface area contributed by atoms with Crippen molar-refractivity contribution in [2.24, 2.45) is 5.73 Å². The number of hydrogen-bond acceptors (Lipinski definition) is 6. The van der Waals surface area contributed by atoms with Gasteiger partial charge in [-0.05, 0) is 18.2 Å². The molecule has 0 unspecified atom stereocenters. The van der Waals surface area contributed by atoms with Crippen LogP contribution in [0.1, 0.15) is 6.42 Å². The summed E-state index contributed by atoms with van der Waals surface area (Å²) in [5.74, 6) is -0.298. The quantitative estimate of drug-likeness (QED) is 0.264. The molecule has 1 aliphatic heterocycles. The molecule has 1 aliphatic rings. The van der Waals surface area contributed by atoms with Crippen molar-refractivity contribution >= 4 is 33.5 Å². The minimum atomic E-state index is -4.07. The topological polar surface area (TPSA) is 138 Å². The first-order valence-corrected chi connectivity index (χ1v) is 11.7. The summed E-state index contributed by atoms with van der Waals surface area (Å²) >= 11 is 0. The maximum absolute atomic E-state index is 13.3. The fourth-order valence-corrected chi connectivity index (χ4v) is 5.37. The van der Waals surface area contributed by atoms with Gasteiger partial charge in [0.2, 0.25) is 11.9 Å². The van der Waals surface area contributed by atoms with E-state index in [4.69, 9.17) is 15.9 Å². The molecule has 0 aliphatic carbocycles. The number of amides is 1. The highest BCUT2D eigenvalue weighted by Gasteiger charge is 2.49. The number of rotatable bonds is 8. The third kappa shape index (κ3) is 5.18. The van der Waals surface area contributed by atoms with E-state index in [-0.39, 0.29) is 19.0 Å². The molecule has 1 amide bonds. The summed E-state index contributed by atoms with van der Waals surface area (Å²) in [6.45, 7) is 1.81. The number of quaternary nitrogens is 1. The Morgan fingerprint density at radius 1 is 1.12 bits per heavy atom. The summed E-state index contributed by atoms with van der Waals surface area (Å²) in [5.41, 5.74) is 6.58. The van der Waals surface area contributed by atoms with E-state index in [1.165, 1.54) is 7.11 Å². The van der Waals surface area contributed by atoms with Crippen molar-refractivity contribution in [3.8, 4) is 5.75 Å². The maximum Gasteiger partial charge on any atom is 0.401 e. The van der Waals surface area contributed by atoms with Gasteiger partial charge >= 0.3 is 10.2 Å². The van der Waals surface area contributed by atoms with Gasteiger partial charge < -0.3 is 15.8 Å². The van der Waals surface area contributed by atoms with Crippen molar-refractivity contribution in [3.63, 3.8) is 0 Å². The highest BCUT2D eigenvalue weighted by atomic mass is 32.2. The van der Waals surface area contributed by atoms with Crippen LogP contribution in [-0.4, -0.2) is 65.0 Å². The van der Waals surface area contributed by atoms with Gasteiger partial charge in [-0.15, -0.1) is 0 Å². The van der Waals surface area contributed by atoms with Gasteiger partial charge in [0.15, 0.2) is 11.4 Å². The van der Waals surface area contributed by atoms with E-state index < -0.39 is 20.1 Å². The number of para-hydroxylation sites is 3. The van der Waals surface area contributed by atoms with E-state index in [9.17, 15) is 13.2 Å². The molecule has 1 heterocycles. The Morgan fingerprint density at radius 2 is 1.75 bits per heavy atom. The smallest absolute Gasteiger partial charge is 0.401 e. The highest BCUT2D eigenvalue weighted by molar-refractivity contribution is 7.89. The lowest BCUT2D eigenvalue weighted by atomic mass is 10.2. The van der Waals surface area contributed by atoms with Gasteiger partial charge in [-0.3, -0.25) is 15.1 Å². The molecule has 11 heteroatoms. The fourth-order valence-electron chi connectivity index (χ4n) is 3.86. The van der Waals surface area contributed by atoms with Gasteiger partial charge in [0.1, 0.15) is 13.1 Å². The Bertz CT molecular complexity index is 1050. The zero-order valence-electron chi connectivity index (χ0n) is 18.0. The number of carbonyl (C=O) groups excluding carboxylic acids is 1. The summed E-state index contributed by atoms with van der Waals surface area (Å²) < 4.78 is 33.7. The molecule has 0 atom stereocenters. The molecule has 3 rings (SSSR count). The molecule has 1 saturated heterocycles. The number of methoxy groups -OCH3 is 1. The maximum atomic E-state index is 13.3. The van der Waals surface area contributed by atoms with Crippen LogP contribution >= 0.6 is 0 Å². The molecular weight excluding hydrogens is 432 g/mol. The molecular formula is C21H29N6O4S+. The molecule has 0 aromatic heterocycles. The molecule has 5 N–H and O–H groups in total. The number of ether oxygens (including phenoxy) is 1. The van der Waals surface area contributed by atoms with Gasteiger partial charge in [-0.2, -0.15) is 12.3 Å². The molecule has 32 heavy (non-hydrogen) atoms. The van der Waals surface area contributed by atoms with Crippen molar-refractivity contribution in [1.82, 2.24) is 13.5 Å². The van der Waals surface area contributed by atoms with Crippen LogP contribution in [0.5, 0.6) is 5.75 Å². The predicted octanol–water partition coefficient (Wildman–Crippen LogP) is 1.07. The second kappa shape index (κ2) is 9.98. The first kappa shape index (κ1) is 23.5. The van der Waals surface area contributed by atoms with Crippen LogP contribution in [0.4, 0.5) is 11.4 Å². The monoisotopic (exact) mass is 461 g/mol. The first-order valence-electron chi connectivity index (χ1n) is 10.2. The number of nitrogens with one attached hydrogen (secondary N) is 3. The molecule has 2 aromatic carbocycles. The third-order valence-electron chi connectivity index (χ3n) is 5.49. The lowest BCUT2D eigenvalue weighted by Crippen LogP contribution is -2.67. The Morgan fingerprint density at radius 3 is 2.38 bits per heavy atom. The lowest BCUT2D eigenvalue weighted by molar-refractivity contribution is -0.116. The van der Waals surface area contributed by atoms with Crippen LogP contribution in [0.3, 0.4) is 0 Å². The van der Waals surface area contributed by atoms with E-state index in [1.807, 2.05) is 30.3 Å². The van der Waals surface area contributed by atoms with Crippen LogP contribution in [0.2, 0.25) is 0 Å². The van der Waals surface area contributed by atoms with Gasteiger partial charge in [-0.25, -0.2) is 4.72 Å². The number of piperazine rings is 1. The van der Waals surface area contributed by atoms with E-state index in [0.29, 0.717) is 37.5 Å². The molecule has 2 aromatic rings. The van der Waals surface area contributed by atoms with Crippen molar-refractivity contribution in [3.05, 3.63) is 54.6 Å². The van der Waals surface area contributed by atoms with Gasteiger partial charge in [-0.1, -0.05) is 30.3 Å². The standard InChI is InChI=1S/C21H28N6O4S/c1-31-19-10-6-5-9-18(19)27(32(29,30)25-21(22)23)15-13-26(14-16-27)12-11-20(28)24-17-7-3-2-4-8-17/h2-10H,11-16H2,1H3,(H4-,22,23,24,25,28)/p+1. The zero-order chi connectivity index (χ0) is 23.2. The number of nitrogens with zero attached hydrogens (tertiary/aromatic N) is 2. The SMILES string of the molecule is COc1ccccc1[N+]1(S(=O)(=O)NC(=N)N)CCN(CCC(=O)Nc2ccccc2)CC1. The van der Waals surface area contributed by atoms with Gasteiger partial charge in [0, 0.05) is 37.8 Å². The fraction of sp³-hybridized carbons (Fsp3) is 0.333. The van der Waals surface area contributed by atoms with E-state index in [0.717, 1.165) is 5.69 Å². The number of anilines is 1. The van der Waals surface area contributed by atoms with Crippen molar-refractivity contribution in [2.45, 2.75) is 6.42 Å². The molecule has 1 fully saturated rings. The van der Waals surface area contributed by atoms with Gasteiger partial charge in [0.25, 0.3) is 0 Å². The van der Waals surface area contributed by atoms with E-state index in [2.05, 4.69) is 14.9 Å². The van der Waals surface area contributed by atoms with E-state index in [1.54, 1.807) is 24.3 Å². The first-order chi connectivity index (χ1) is 15.3. The number of hydrogen-bond donors (Lipinski definition) is 4. The summed E-state index contributed by atoms with van der Waals surface area (Å²) in [7, 11) is -2.59. The minimum absolute atomic E-state index is 0.0990. The molecule has 10 nitrogen and oxygen atoms in total. The Balaban J connectivity index is 1.72. The number of nitrogens with two attached hydrogens (primary N) is 1. The highest BCUT2D eigenvalue weighted by Crippen LogP contribution is 2.37. The summed E-state index contributed by atoms with van der Waals surface area (Å²) in [6, 6.07) is 16.2.